The van der Waals surface area contributed by atoms with Crippen molar-refractivity contribution in [3.8, 4) is 11.8 Å². The van der Waals surface area contributed by atoms with Gasteiger partial charge in [-0.25, -0.2) is 9.97 Å². The quantitative estimate of drug-likeness (QED) is 0.663. The molecule has 6 heteroatoms. The molecule has 142 valence electrons. The number of nitrogens with zero attached hydrogens (tertiary/aromatic N) is 4. The molecule has 1 aromatic carbocycles. The Morgan fingerprint density at radius 3 is 2.54 bits per heavy atom. The number of anilines is 3. The number of aryl methyl sites for hydroxylation is 1. The maximum absolute atomic E-state index is 9.41. The van der Waals surface area contributed by atoms with Crippen LogP contribution in [-0.2, 0) is 0 Å². The molecule has 1 saturated carbocycles. The highest BCUT2D eigenvalue weighted by Crippen LogP contribution is 2.25. The van der Waals surface area contributed by atoms with Gasteiger partial charge in [-0.15, -0.1) is 0 Å². The Bertz CT molecular complexity index is 977. The zero-order chi connectivity index (χ0) is 19.3. The standard InChI is InChI=1S/C22H24N6/c1-16-14-28(15-24-16)20-10-8-19(9-11-20)25-21-12-7-17(13-23)22(27-21)26-18-5-3-2-4-6-18/h7-12,14-15,18H,2-6H2,1H3,(H2,25,26,27). The van der Waals surface area contributed by atoms with Gasteiger partial charge in [0.1, 0.15) is 17.7 Å². The Hall–Kier alpha value is -3.33. The van der Waals surface area contributed by atoms with E-state index in [0.29, 0.717) is 17.4 Å². The molecule has 0 unspecified atom stereocenters. The van der Waals surface area contributed by atoms with Crippen LogP contribution in [-0.4, -0.2) is 20.6 Å². The molecule has 0 amide bonds. The first-order valence-electron chi connectivity index (χ1n) is 9.77. The first kappa shape index (κ1) is 18.1. The van der Waals surface area contributed by atoms with E-state index in [1.54, 1.807) is 0 Å². The number of pyridine rings is 1. The molecule has 0 spiro atoms. The van der Waals surface area contributed by atoms with Crippen molar-refractivity contribution in [2.45, 2.75) is 45.1 Å². The lowest BCUT2D eigenvalue weighted by atomic mass is 9.95. The Morgan fingerprint density at radius 2 is 1.86 bits per heavy atom. The highest BCUT2D eigenvalue weighted by molar-refractivity contribution is 5.63. The third-order valence-corrected chi connectivity index (χ3v) is 5.11. The summed E-state index contributed by atoms with van der Waals surface area (Å²) in [6, 6.07) is 14.4. The number of hydrogen-bond donors (Lipinski definition) is 2. The van der Waals surface area contributed by atoms with Gasteiger partial charge in [0.25, 0.3) is 0 Å². The molecule has 2 aromatic heterocycles. The van der Waals surface area contributed by atoms with Gasteiger partial charge in [-0.1, -0.05) is 19.3 Å². The van der Waals surface area contributed by atoms with Gasteiger partial charge in [0.2, 0.25) is 0 Å². The Labute approximate surface area is 165 Å². The summed E-state index contributed by atoms with van der Waals surface area (Å²) < 4.78 is 1.99. The highest BCUT2D eigenvalue weighted by Gasteiger charge is 2.16. The zero-order valence-corrected chi connectivity index (χ0v) is 16.0. The van der Waals surface area contributed by atoms with Crippen molar-refractivity contribution in [2.24, 2.45) is 0 Å². The number of nitrogens with one attached hydrogen (secondary N) is 2. The number of rotatable bonds is 5. The van der Waals surface area contributed by atoms with Gasteiger partial charge in [0.05, 0.1) is 17.6 Å². The molecule has 6 nitrogen and oxygen atoms in total. The third-order valence-electron chi connectivity index (χ3n) is 5.11. The second-order valence-electron chi connectivity index (χ2n) is 7.28. The largest absolute Gasteiger partial charge is 0.366 e. The molecule has 0 radical (unpaired) electrons. The number of aromatic nitrogens is 3. The first-order valence-corrected chi connectivity index (χ1v) is 9.77. The van der Waals surface area contributed by atoms with E-state index < -0.39 is 0 Å². The topological polar surface area (TPSA) is 78.6 Å². The van der Waals surface area contributed by atoms with Crippen molar-refractivity contribution in [2.75, 3.05) is 10.6 Å². The van der Waals surface area contributed by atoms with Crippen LogP contribution in [0.1, 0.15) is 43.4 Å². The maximum Gasteiger partial charge on any atom is 0.146 e. The Balaban J connectivity index is 1.49. The van der Waals surface area contributed by atoms with Crippen molar-refractivity contribution in [3.05, 3.63) is 60.2 Å². The fraction of sp³-hybridized carbons (Fsp3) is 0.318. The molecular weight excluding hydrogens is 348 g/mol. The smallest absolute Gasteiger partial charge is 0.146 e. The summed E-state index contributed by atoms with van der Waals surface area (Å²) in [5.74, 6) is 1.40. The minimum absolute atomic E-state index is 0.404. The monoisotopic (exact) mass is 372 g/mol. The number of imidazole rings is 1. The van der Waals surface area contributed by atoms with Gasteiger partial charge in [-0.3, -0.25) is 0 Å². The summed E-state index contributed by atoms with van der Waals surface area (Å²) in [5.41, 5.74) is 3.57. The van der Waals surface area contributed by atoms with E-state index in [9.17, 15) is 5.26 Å². The fourth-order valence-corrected chi connectivity index (χ4v) is 3.60. The summed E-state index contributed by atoms with van der Waals surface area (Å²) in [6.45, 7) is 1.97. The number of hydrogen-bond acceptors (Lipinski definition) is 5. The normalized spacial score (nSPS) is 14.4. The maximum atomic E-state index is 9.41. The molecular formula is C22H24N6. The van der Waals surface area contributed by atoms with Crippen LogP contribution in [0.4, 0.5) is 17.3 Å². The fourth-order valence-electron chi connectivity index (χ4n) is 3.60. The molecule has 2 N–H and O–H groups in total. The molecule has 2 heterocycles. The van der Waals surface area contributed by atoms with Crippen molar-refractivity contribution >= 4 is 17.3 Å². The van der Waals surface area contributed by atoms with Crippen LogP contribution in [0.25, 0.3) is 5.69 Å². The van der Waals surface area contributed by atoms with Crippen molar-refractivity contribution < 1.29 is 0 Å². The van der Waals surface area contributed by atoms with Crippen molar-refractivity contribution in [1.29, 1.82) is 5.26 Å². The first-order chi connectivity index (χ1) is 13.7. The molecule has 0 saturated heterocycles. The van der Waals surface area contributed by atoms with Gasteiger partial charge < -0.3 is 15.2 Å². The predicted molar refractivity (Wildman–Crippen MR) is 111 cm³/mol. The highest BCUT2D eigenvalue weighted by atomic mass is 15.1. The van der Waals surface area contributed by atoms with Gasteiger partial charge in [-0.2, -0.15) is 5.26 Å². The van der Waals surface area contributed by atoms with Crippen LogP contribution in [0.15, 0.2) is 48.9 Å². The van der Waals surface area contributed by atoms with Crippen LogP contribution in [0.3, 0.4) is 0 Å². The number of nitriles is 1. The molecule has 3 aromatic rings. The minimum atomic E-state index is 0.404. The van der Waals surface area contributed by atoms with E-state index in [4.69, 9.17) is 0 Å². The predicted octanol–water partition coefficient (Wildman–Crippen LogP) is 4.94. The van der Waals surface area contributed by atoms with E-state index >= 15 is 0 Å². The van der Waals surface area contributed by atoms with Crippen molar-refractivity contribution in [1.82, 2.24) is 14.5 Å². The van der Waals surface area contributed by atoms with Crippen LogP contribution in [0, 0.1) is 18.3 Å². The zero-order valence-electron chi connectivity index (χ0n) is 16.0. The summed E-state index contributed by atoms with van der Waals surface area (Å²) >= 11 is 0. The molecule has 1 aliphatic rings. The van der Waals surface area contributed by atoms with Crippen LogP contribution in [0.5, 0.6) is 0 Å². The van der Waals surface area contributed by atoms with Gasteiger partial charge in [0.15, 0.2) is 0 Å². The second kappa shape index (κ2) is 8.13. The van der Waals surface area contributed by atoms with E-state index in [-0.39, 0.29) is 0 Å². The molecule has 4 rings (SSSR count). The second-order valence-corrected chi connectivity index (χ2v) is 7.28. The minimum Gasteiger partial charge on any atom is -0.366 e. The lowest BCUT2D eigenvalue weighted by molar-refractivity contribution is 0.462. The molecule has 1 fully saturated rings. The molecule has 28 heavy (non-hydrogen) atoms. The van der Waals surface area contributed by atoms with Crippen LogP contribution >= 0.6 is 0 Å². The average molecular weight is 372 g/mol. The average Bonchev–Trinajstić information content (AvgIpc) is 3.16. The van der Waals surface area contributed by atoms with Gasteiger partial charge >= 0.3 is 0 Å². The van der Waals surface area contributed by atoms with E-state index in [1.165, 1.54) is 19.3 Å². The Kier molecular flexibility index (Phi) is 5.24. The molecule has 0 atom stereocenters. The summed E-state index contributed by atoms with van der Waals surface area (Å²) in [7, 11) is 0. The molecule has 1 aliphatic carbocycles. The van der Waals surface area contributed by atoms with E-state index in [1.807, 2.05) is 60.4 Å². The van der Waals surface area contributed by atoms with E-state index in [0.717, 1.165) is 35.7 Å². The summed E-state index contributed by atoms with van der Waals surface area (Å²) in [6.07, 6.45) is 9.85. The van der Waals surface area contributed by atoms with Crippen LogP contribution < -0.4 is 10.6 Å². The molecule has 0 aliphatic heterocycles. The lowest BCUT2D eigenvalue weighted by Gasteiger charge is -2.24. The summed E-state index contributed by atoms with van der Waals surface area (Å²) in [4.78, 5) is 8.92. The van der Waals surface area contributed by atoms with Crippen LogP contribution in [0.2, 0.25) is 0 Å². The molecule has 0 bridgehead atoms. The third kappa shape index (κ3) is 4.15. The van der Waals surface area contributed by atoms with Crippen molar-refractivity contribution in [3.63, 3.8) is 0 Å². The lowest BCUT2D eigenvalue weighted by Crippen LogP contribution is -2.23. The Morgan fingerprint density at radius 1 is 1.07 bits per heavy atom. The SMILES string of the molecule is Cc1cn(-c2ccc(Nc3ccc(C#N)c(NC4CCCCC4)n3)cc2)cn1. The summed E-state index contributed by atoms with van der Waals surface area (Å²) in [5, 5.41) is 16.2. The number of benzene rings is 1. The van der Waals surface area contributed by atoms with E-state index in [2.05, 4.69) is 26.7 Å². The van der Waals surface area contributed by atoms with Gasteiger partial charge in [0, 0.05) is 23.6 Å². The van der Waals surface area contributed by atoms with Gasteiger partial charge in [-0.05, 0) is 56.2 Å².